The molecule has 1 N–H and O–H groups in total. The molecule has 1 aliphatic rings. The molecule has 0 radical (unpaired) electrons. The average molecular weight is 308 g/mol. The van der Waals surface area contributed by atoms with Gasteiger partial charge in [-0.25, -0.2) is 0 Å². The van der Waals surface area contributed by atoms with Crippen LogP contribution in [0, 0.1) is 0 Å². The lowest BCUT2D eigenvalue weighted by Crippen LogP contribution is -2.32. The zero-order valence-electron chi connectivity index (χ0n) is 11.9. The van der Waals surface area contributed by atoms with Gasteiger partial charge in [-0.1, -0.05) is 11.2 Å². The SMILES string of the molecule is OCCN1CCCN(Cc2noc(-c3cccs3)n2)CC1. The second-order valence-electron chi connectivity index (χ2n) is 5.19. The van der Waals surface area contributed by atoms with Gasteiger partial charge in [-0.05, 0) is 31.0 Å². The van der Waals surface area contributed by atoms with E-state index in [2.05, 4.69) is 19.9 Å². The minimum atomic E-state index is 0.231. The van der Waals surface area contributed by atoms with Gasteiger partial charge >= 0.3 is 0 Å². The van der Waals surface area contributed by atoms with Gasteiger partial charge in [0.2, 0.25) is 0 Å². The molecule has 1 aliphatic heterocycles. The van der Waals surface area contributed by atoms with E-state index in [4.69, 9.17) is 9.63 Å². The number of thiophene rings is 1. The predicted octanol–water partition coefficient (Wildman–Crippen LogP) is 1.30. The number of aliphatic hydroxyl groups is 1. The van der Waals surface area contributed by atoms with E-state index in [0.29, 0.717) is 5.89 Å². The van der Waals surface area contributed by atoms with Crippen LogP contribution in [0.15, 0.2) is 22.0 Å². The van der Waals surface area contributed by atoms with Gasteiger partial charge in [0.05, 0.1) is 18.0 Å². The summed E-state index contributed by atoms with van der Waals surface area (Å²) in [5.41, 5.74) is 0. The number of aromatic nitrogens is 2. The Kier molecular flexibility index (Phi) is 4.97. The third kappa shape index (κ3) is 3.88. The number of β-amino-alcohol motifs (C(OH)–C–C–N with tert-alkyl or cyclic N) is 1. The molecule has 114 valence electrons. The van der Waals surface area contributed by atoms with E-state index < -0.39 is 0 Å². The summed E-state index contributed by atoms with van der Waals surface area (Å²) in [6.45, 7) is 5.75. The predicted molar refractivity (Wildman–Crippen MR) is 81.0 cm³/mol. The zero-order chi connectivity index (χ0) is 14.5. The van der Waals surface area contributed by atoms with Gasteiger partial charge in [0.1, 0.15) is 0 Å². The van der Waals surface area contributed by atoms with Crippen LogP contribution in [0.3, 0.4) is 0 Å². The van der Waals surface area contributed by atoms with Gasteiger partial charge in [-0.15, -0.1) is 11.3 Å². The molecule has 2 aromatic heterocycles. The minimum Gasteiger partial charge on any atom is -0.395 e. The van der Waals surface area contributed by atoms with Gasteiger partial charge in [-0.3, -0.25) is 9.80 Å². The lowest BCUT2D eigenvalue weighted by molar-refractivity contribution is 0.195. The largest absolute Gasteiger partial charge is 0.395 e. The molecular formula is C14H20N4O2S. The van der Waals surface area contributed by atoms with Gasteiger partial charge in [0.25, 0.3) is 5.89 Å². The molecule has 3 heterocycles. The molecule has 0 bridgehead atoms. The van der Waals surface area contributed by atoms with Crippen LogP contribution in [0.5, 0.6) is 0 Å². The molecule has 0 aromatic carbocycles. The Morgan fingerprint density at radius 2 is 2.10 bits per heavy atom. The van der Waals surface area contributed by atoms with Crippen LogP contribution in [-0.2, 0) is 6.54 Å². The second kappa shape index (κ2) is 7.13. The Morgan fingerprint density at radius 3 is 2.90 bits per heavy atom. The zero-order valence-corrected chi connectivity index (χ0v) is 12.8. The monoisotopic (exact) mass is 308 g/mol. The Bertz CT molecular complexity index is 543. The summed E-state index contributed by atoms with van der Waals surface area (Å²) in [7, 11) is 0. The molecule has 0 amide bonds. The number of hydrogen-bond donors (Lipinski definition) is 1. The van der Waals surface area contributed by atoms with Crippen LogP contribution in [0.4, 0.5) is 0 Å². The first kappa shape index (κ1) is 14.6. The van der Waals surface area contributed by atoms with E-state index >= 15 is 0 Å². The van der Waals surface area contributed by atoms with E-state index in [-0.39, 0.29) is 6.61 Å². The summed E-state index contributed by atoms with van der Waals surface area (Å²) in [5, 5.41) is 15.1. The minimum absolute atomic E-state index is 0.231. The summed E-state index contributed by atoms with van der Waals surface area (Å²) in [6.07, 6.45) is 1.11. The van der Waals surface area contributed by atoms with Crippen LogP contribution in [0.25, 0.3) is 10.8 Å². The highest BCUT2D eigenvalue weighted by atomic mass is 32.1. The number of aliphatic hydroxyl groups excluding tert-OH is 1. The van der Waals surface area contributed by atoms with E-state index in [9.17, 15) is 0 Å². The summed E-state index contributed by atoms with van der Waals surface area (Å²) >= 11 is 1.60. The van der Waals surface area contributed by atoms with Gasteiger partial charge in [0.15, 0.2) is 5.82 Å². The quantitative estimate of drug-likeness (QED) is 0.898. The van der Waals surface area contributed by atoms with Crippen molar-refractivity contribution in [3.63, 3.8) is 0 Å². The number of hydrogen-bond acceptors (Lipinski definition) is 7. The highest BCUT2D eigenvalue weighted by molar-refractivity contribution is 7.13. The molecule has 1 saturated heterocycles. The molecule has 1 fully saturated rings. The average Bonchev–Trinajstić information content (AvgIpc) is 3.10. The van der Waals surface area contributed by atoms with Crippen molar-refractivity contribution in [2.24, 2.45) is 0 Å². The molecule has 0 saturated carbocycles. The summed E-state index contributed by atoms with van der Waals surface area (Å²) in [5.74, 6) is 1.35. The van der Waals surface area contributed by atoms with E-state index in [1.54, 1.807) is 11.3 Å². The van der Waals surface area contributed by atoms with Crippen LogP contribution in [0.2, 0.25) is 0 Å². The van der Waals surface area contributed by atoms with Crippen molar-refractivity contribution < 1.29 is 9.63 Å². The van der Waals surface area contributed by atoms with Gasteiger partial charge in [-0.2, -0.15) is 4.98 Å². The first-order valence-corrected chi connectivity index (χ1v) is 8.15. The second-order valence-corrected chi connectivity index (χ2v) is 6.14. The molecule has 0 atom stereocenters. The standard InChI is InChI=1S/C14H20N4O2S/c19-9-8-17-4-2-5-18(7-6-17)11-13-15-14(20-16-13)12-3-1-10-21-12/h1,3,10,19H,2,4-9,11H2. The molecule has 2 aromatic rings. The van der Waals surface area contributed by atoms with Crippen LogP contribution >= 0.6 is 11.3 Å². The smallest absolute Gasteiger partial charge is 0.268 e. The molecule has 0 aliphatic carbocycles. The Labute approximate surface area is 128 Å². The van der Waals surface area contributed by atoms with Crippen molar-refractivity contribution in [1.82, 2.24) is 19.9 Å². The summed E-state index contributed by atoms with van der Waals surface area (Å²) in [6, 6.07) is 3.97. The third-order valence-electron chi connectivity index (χ3n) is 3.66. The summed E-state index contributed by atoms with van der Waals surface area (Å²) < 4.78 is 5.32. The fourth-order valence-corrected chi connectivity index (χ4v) is 3.21. The highest BCUT2D eigenvalue weighted by Gasteiger charge is 2.17. The molecule has 3 rings (SSSR count). The number of nitrogens with zero attached hydrogens (tertiary/aromatic N) is 4. The normalized spacial score (nSPS) is 18.0. The molecule has 21 heavy (non-hydrogen) atoms. The Balaban J connectivity index is 1.57. The van der Waals surface area contributed by atoms with E-state index in [0.717, 1.165) is 56.4 Å². The fraction of sp³-hybridized carbons (Fsp3) is 0.571. The molecular weight excluding hydrogens is 288 g/mol. The lowest BCUT2D eigenvalue weighted by atomic mass is 10.3. The number of rotatable bonds is 5. The van der Waals surface area contributed by atoms with Crippen LogP contribution in [0.1, 0.15) is 12.2 Å². The van der Waals surface area contributed by atoms with Gasteiger partial charge in [0, 0.05) is 19.6 Å². The van der Waals surface area contributed by atoms with Crippen molar-refractivity contribution in [2.75, 3.05) is 39.3 Å². The van der Waals surface area contributed by atoms with Crippen molar-refractivity contribution in [2.45, 2.75) is 13.0 Å². The maximum Gasteiger partial charge on any atom is 0.268 e. The first-order valence-electron chi connectivity index (χ1n) is 7.27. The third-order valence-corrected chi connectivity index (χ3v) is 4.52. The maximum absolute atomic E-state index is 9.02. The maximum atomic E-state index is 9.02. The molecule has 6 nitrogen and oxygen atoms in total. The molecule has 0 spiro atoms. The lowest BCUT2D eigenvalue weighted by Gasteiger charge is -2.19. The topological polar surface area (TPSA) is 65.6 Å². The van der Waals surface area contributed by atoms with E-state index in [1.807, 2.05) is 17.5 Å². The van der Waals surface area contributed by atoms with Crippen molar-refractivity contribution in [1.29, 1.82) is 0 Å². The molecule has 7 heteroatoms. The Morgan fingerprint density at radius 1 is 1.24 bits per heavy atom. The fourth-order valence-electron chi connectivity index (χ4n) is 2.57. The Hall–Kier alpha value is -1.28. The van der Waals surface area contributed by atoms with E-state index in [1.165, 1.54) is 0 Å². The first-order chi connectivity index (χ1) is 10.3. The highest BCUT2D eigenvalue weighted by Crippen LogP contribution is 2.22. The summed E-state index contributed by atoms with van der Waals surface area (Å²) in [4.78, 5) is 10.1. The van der Waals surface area contributed by atoms with Crippen molar-refractivity contribution in [3.8, 4) is 10.8 Å². The van der Waals surface area contributed by atoms with Crippen LogP contribution < -0.4 is 0 Å². The van der Waals surface area contributed by atoms with Crippen LogP contribution in [-0.4, -0.2) is 64.4 Å². The molecule has 0 unspecified atom stereocenters. The van der Waals surface area contributed by atoms with Gasteiger partial charge < -0.3 is 9.63 Å². The van der Waals surface area contributed by atoms with Crippen molar-refractivity contribution >= 4 is 11.3 Å². The van der Waals surface area contributed by atoms with Crippen molar-refractivity contribution in [3.05, 3.63) is 23.3 Å².